The second-order valence-electron chi connectivity index (χ2n) is 4.95. The zero-order valence-electron chi connectivity index (χ0n) is 11.7. The molecule has 20 heavy (non-hydrogen) atoms. The monoisotopic (exact) mass is 292 g/mol. The van der Waals surface area contributed by atoms with Crippen LogP contribution in [0, 0.1) is 5.92 Å². The van der Waals surface area contributed by atoms with Gasteiger partial charge in [-0.05, 0) is 30.6 Å². The van der Waals surface area contributed by atoms with Gasteiger partial charge in [-0.3, -0.25) is 9.59 Å². The van der Waals surface area contributed by atoms with E-state index >= 15 is 0 Å². The average molecular weight is 292 g/mol. The molecule has 3 nitrogen and oxygen atoms in total. The van der Waals surface area contributed by atoms with Crippen molar-refractivity contribution in [3.8, 4) is 0 Å². The van der Waals surface area contributed by atoms with Crippen LogP contribution in [0.25, 0.3) is 0 Å². The Labute approximate surface area is 124 Å². The van der Waals surface area contributed by atoms with Crippen LogP contribution >= 0.6 is 11.8 Å². The summed E-state index contributed by atoms with van der Waals surface area (Å²) in [4.78, 5) is 23.6. The van der Waals surface area contributed by atoms with Crippen LogP contribution in [0.15, 0.2) is 30.3 Å². The van der Waals surface area contributed by atoms with Crippen molar-refractivity contribution in [1.82, 2.24) is 0 Å². The zero-order valence-corrected chi connectivity index (χ0v) is 12.5. The maximum Gasteiger partial charge on any atom is 0.306 e. The van der Waals surface area contributed by atoms with Gasteiger partial charge in [0, 0.05) is 6.42 Å². The minimum absolute atomic E-state index is 0.138. The Hall–Kier alpha value is -1.29. The molecule has 1 aromatic rings. The van der Waals surface area contributed by atoms with E-state index in [1.165, 1.54) is 17.3 Å². The Morgan fingerprint density at radius 1 is 1.35 bits per heavy atom. The molecule has 108 valence electrons. The molecule has 2 rings (SSSR count). The third-order valence-corrected chi connectivity index (χ3v) is 4.42. The number of hydrogen-bond donors (Lipinski definition) is 0. The van der Waals surface area contributed by atoms with Gasteiger partial charge in [0.1, 0.15) is 6.10 Å². The molecular formula is C16H20O3S. The highest BCUT2D eigenvalue weighted by Gasteiger charge is 2.35. The van der Waals surface area contributed by atoms with Gasteiger partial charge in [0.15, 0.2) is 5.12 Å². The molecule has 0 unspecified atom stereocenters. The average Bonchev–Trinajstić information content (AvgIpc) is 2.46. The van der Waals surface area contributed by atoms with Gasteiger partial charge >= 0.3 is 5.97 Å². The van der Waals surface area contributed by atoms with Gasteiger partial charge in [0.25, 0.3) is 0 Å². The lowest BCUT2D eigenvalue weighted by Crippen LogP contribution is -2.36. The summed E-state index contributed by atoms with van der Waals surface area (Å²) in [6.07, 6.45) is 2.28. The highest BCUT2D eigenvalue weighted by molar-refractivity contribution is 8.13. The highest BCUT2D eigenvalue weighted by atomic mass is 32.2. The molecule has 1 heterocycles. The summed E-state index contributed by atoms with van der Waals surface area (Å²) in [5.41, 5.74) is 1.21. The van der Waals surface area contributed by atoms with Crippen molar-refractivity contribution in [2.24, 2.45) is 5.92 Å². The minimum atomic E-state index is -0.261. The summed E-state index contributed by atoms with van der Waals surface area (Å²) in [6.45, 7) is 1.97. The van der Waals surface area contributed by atoms with Gasteiger partial charge in [0.2, 0.25) is 0 Å². The van der Waals surface area contributed by atoms with Gasteiger partial charge in [-0.25, -0.2) is 0 Å². The second-order valence-corrected chi connectivity index (χ2v) is 6.22. The number of carbonyl (C=O) groups excluding carboxylic acids is 2. The van der Waals surface area contributed by atoms with Gasteiger partial charge in [-0.1, -0.05) is 49.0 Å². The van der Waals surface area contributed by atoms with Crippen molar-refractivity contribution < 1.29 is 14.3 Å². The number of aryl methyl sites for hydroxylation is 1. The van der Waals surface area contributed by atoms with Crippen molar-refractivity contribution in [3.05, 3.63) is 35.9 Å². The summed E-state index contributed by atoms with van der Waals surface area (Å²) in [7, 11) is 0. The lowest BCUT2D eigenvalue weighted by atomic mass is 9.91. The topological polar surface area (TPSA) is 43.4 Å². The number of rotatable bonds is 5. The van der Waals surface area contributed by atoms with E-state index in [0.717, 1.165) is 18.6 Å². The molecule has 0 saturated carbocycles. The van der Waals surface area contributed by atoms with Crippen molar-refractivity contribution in [2.75, 3.05) is 5.75 Å². The number of cyclic esters (lactones) is 1. The zero-order chi connectivity index (χ0) is 14.4. The van der Waals surface area contributed by atoms with Crippen LogP contribution < -0.4 is 0 Å². The second kappa shape index (κ2) is 7.48. The Bertz CT molecular complexity index is 458. The fourth-order valence-electron chi connectivity index (χ4n) is 2.50. The number of esters is 1. The van der Waals surface area contributed by atoms with E-state index < -0.39 is 0 Å². The Morgan fingerprint density at radius 2 is 2.10 bits per heavy atom. The smallest absolute Gasteiger partial charge is 0.306 e. The summed E-state index contributed by atoms with van der Waals surface area (Å²) >= 11 is 1.33. The molecule has 4 heteroatoms. The fraction of sp³-hybridized carbons (Fsp3) is 0.500. The molecule has 1 saturated heterocycles. The van der Waals surface area contributed by atoms with Crippen LogP contribution in [0.1, 0.15) is 31.7 Å². The maximum atomic E-state index is 12.1. The number of thioether (sulfide) groups is 1. The van der Waals surface area contributed by atoms with E-state index in [1.54, 1.807) is 0 Å². The molecule has 1 aliphatic rings. The molecule has 0 aromatic heterocycles. The first-order valence-electron chi connectivity index (χ1n) is 7.10. The minimum Gasteiger partial charge on any atom is -0.462 e. The van der Waals surface area contributed by atoms with Crippen molar-refractivity contribution >= 4 is 22.8 Å². The van der Waals surface area contributed by atoms with Crippen LogP contribution in [-0.2, 0) is 20.7 Å². The Kier molecular flexibility index (Phi) is 5.65. The molecular weight excluding hydrogens is 272 g/mol. The molecule has 0 N–H and O–H groups in total. The maximum absolute atomic E-state index is 12.1. The van der Waals surface area contributed by atoms with Crippen LogP contribution in [0.5, 0.6) is 0 Å². The first kappa shape index (κ1) is 15.1. The molecule has 0 spiro atoms. The SMILES string of the molecule is CCSC(=O)[C@@H]1CCC(=O)O[C@H]1CCc1ccccc1. The van der Waals surface area contributed by atoms with Crippen LogP contribution in [0.4, 0.5) is 0 Å². The van der Waals surface area contributed by atoms with Gasteiger partial charge in [-0.2, -0.15) is 0 Å². The Morgan fingerprint density at radius 3 is 2.80 bits per heavy atom. The molecule has 0 bridgehead atoms. The van der Waals surface area contributed by atoms with Gasteiger partial charge < -0.3 is 4.74 Å². The number of benzene rings is 1. The van der Waals surface area contributed by atoms with Gasteiger partial charge in [-0.15, -0.1) is 0 Å². The van der Waals surface area contributed by atoms with E-state index in [-0.39, 0.29) is 23.1 Å². The van der Waals surface area contributed by atoms with Crippen LogP contribution in [0.2, 0.25) is 0 Å². The van der Waals surface area contributed by atoms with E-state index in [0.29, 0.717) is 12.8 Å². The Balaban J connectivity index is 1.97. The summed E-state index contributed by atoms with van der Waals surface area (Å²) in [5, 5.41) is 0.165. The lowest BCUT2D eigenvalue weighted by Gasteiger charge is -2.29. The van der Waals surface area contributed by atoms with E-state index in [9.17, 15) is 9.59 Å². The van der Waals surface area contributed by atoms with E-state index in [2.05, 4.69) is 12.1 Å². The largest absolute Gasteiger partial charge is 0.462 e. The normalized spacial score (nSPS) is 22.4. The summed E-state index contributed by atoms with van der Waals surface area (Å²) in [5.74, 6) is 0.462. The standard InChI is InChI=1S/C16H20O3S/c1-2-20-16(18)13-9-11-15(17)19-14(13)10-8-12-6-4-3-5-7-12/h3-7,13-14H,2,8-11H2,1H3/t13-,14+/m1/s1. The fourth-order valence-corrected chi connectivity index (χ4v) is 3.27. The molecule has 0 aliphatic carbocycles. The number of carbonyl (C=O) groups is 2. The number of hydrogen-bond acceptors (Lipinski definition) is 4. The molecule has 1 fully saturated rings. The van der Waals surface area contributed by atoms with E-state index in [4.69, 9.17) is 4.74 Å². The highest BCUT2D eigenvalue weighted by Crippen LogP contribution is 2.29. The quantitative estimate of drug-likeness (QED) is 0.782. The molecule has 1 aliphatic heterocycles. The molecule has 0 amide bonds. The number of ether oxygens (including phenoxy) is 1. The van der Waals surface area contributed by atoms with Crippen molar-refractivity contribution in [3.63, 3.8) is 0 Å². The van der Waals surface area contributed by atoms with Gasteiger partial charge in [0.05, 0.1) is 5.92 Å². The summed E-state index contributed by atoms with van der Waals surface area (Å²) < 4.78 is 5.42. The molecule has 2 atom stereocenters. The molecule has 0 radical (unpaired) electrons. The lowest BCUT2D eigenvalue weighted by molar-refractivity contribution is -0.159. The van der Waals surface area contributed by atoms with E-state index in [1.807, 2.05) is 25.1 Å². The predicted molar refractivity (Wildman–Crippen MR) is 80.5 cm³/mol. The third kappa shape index (κ3) is 4.10. The third-order valence-electron chi connectivity index (χ3n) is 3.54. The predicted octanol–water partition coefficient (Wildman–Crippen LogP) is 3.22. The molecule has 1 aromatic carbocycles. The van der Waals surface area contributed by atoms with Crippen molar-refractivity contribution in [1.29, 1.82) is 0 Å². The van der Waals surface area contributed by atoms with Crippen LogP contribution in [-0.4, -0.2) is 22.9 Å². The van der Waals surface area contributed by atoms with Crippen molar-refractivity contribution in [2.45, 2.75) is 38.7 Å². The van der Waals surface area contributed by atoms with Crippen LogP contribution in [0.3, 0.4) is 0 Å². The summed E-state index contributed by atoms with van der Waals surface area (Å²) in [6, 6.07) is 10.1. The first-order chi connectivity index (χ1) is 9.70. The first-order valence-corrected chi connectivity index (χ1v) is 8.09.